The third kappa shape index (κ3) is 5.00. The average molecular weight is 285 g/mol. The fraction of sp³-hybridized carbons (Fsp3) is 0.857. The van der Waals surface area contributed by atoms with Gasteiger partial charge in [0.2, 0.25) is 0 Å². The lowest BCUT2D eigenvalue weighted by atomic mass is 9.97. The average Bonchev–Trinajstić information content (AvgIpc) is 2.37. The van der Waals surface area contributed by atoms with E-state index >= 15 is 0 Å². The van der Waals surface area contributed by atoms with Gasteiger partial charge in [-0.1, -0.05) is 13.8 Å². The van der Waals surface area contributed by atoms with Gasteiger partial charge in [-0.2, -0.15) is 0 Å². The monoisotopic (exact) mass is 285 g/mol. The van der Waals surface area contributed by atoms with Gasteiger partial charge in [-0.3, -0.25) is 0 Å². The Kier molecular flexibility index (Phi) is 6.26. The number of carbonyl (C=O) groups excluding carboxylic acids is 1. The maximum atomic E-state index is 12.0. The van der Waals surface area contributed by atoms with Crippen molar-refractivity contribution in [2.45, 2.75) is 32.7 Å². The van der Waals surface area contributed by atoms with Gasteiger partial charge in [0.05, 0.1) is 0 Å². The minimum Gasteiger partial charge on any atom is -0.480 e. The molecule has 0 spiro atoms. The number of piperidine rings is 1. The number of urea groups is 1. The number of carboxylic acids is 1. The molecule has 1 atom stereocenters. The molecule has 0 bridgehead atoms. The standard InChI is InChI=1S/C14H27N3O3/c1-10(2)12(13(18)19)15-14(20)17(4)9-11-5-7-16(3)8-6-11/h10-12H,5-9H2,1-4H3,(H,15,20)(H,18,19)/t12-/m1/s1. The van der Waals surface area contributed by atoms with Crippen LogP contribution in [-0.2, 0) is 4.79 Å². The molecule has 2 amide bonds. The SMILES string of the molecule is CC(C)[C@@H](NC(=O)N(C)CC1CCN(C)CC1)C(=O)O. The van der Waals surface area contributed by atoms with Crippen LogP contribution in [0.3, 0.4) is 0 Å². The normalized spacial score (nSPS) is 18.9. The zero-order valence-electron chi connectivity index (χ0n) is 12.9. The number of nitrogens with one attached hydrogen (secondary N) is 1. The molecule has 1 saturated heterocycles. The van der Waals surface area contributed by atoms with Gasteiger partial charge >= 0.3 is 12.0 Å². The molecule has 1 aliphatic rings. The number of hydrogen-bond acceptors (Lipinski definition) is 3. The van der Waals surface area contributed by atoms with Gasteiger partial charge in [0.15, 0.2) is 0 Å². The molecule has 116 valence electrons. The Balaban J connectivity index is 2.44. The quantitative estimate of drug-likeness (QED) is 0.793. The second-order valence-corrected chi connectivity index (χ2v) is 6.14. The zero-order valence-corrected chi connectivity index (χ0v) is 12.9. The van der Waals surface area contributed by atoms with Gasteiger partial charge in [0.25, 0.3) is 0 Å². The van der Waals surface area contributed by atoms with Crippen LogP contribution in [0.5, 0.6) is 0 Å². The van der Waals surface area contributed by atoms with Gasteiger partial charge in [-0.15, -0.1) is 0 Å². The summed E-state index contributed by atoms with van der Waals surface area (Å²) in [4.78, 5) is 27.0. The van der Waals surface area contributed by atoms with Gasteiger partial charge in [-0.25, -0.2) is 9.59 Å². The molecule has 0 aromatic rings. The van der Waals surface area contributed by atoms with Crippen LogP contribution in [-0.4, -0.2) is 66.7 Å². The fourth-order valence-corrected chi connectivity index (χ4v) is 2.47. The maximum Gasteiger partial charge on any atom is 0.326 e. The van der Waals surface area contributed by atoms with Crippen molar-refractivity contribution in [2.24, 2.45) is 11.8 Å². The summed E-state index contributed by atoms with van der Waals surface area (Å²) in [5.74, 6) is -0.613. The number of carboxylic acid groups (broad SMARTS) is 1. The third-order valence-electron chi connectivity index (χ3n) is 3.93. The van der Waals surface area contributed by atoms with Crippen LogP contribution in [0.1, 0.15) is 26.7 Å². The van der Waals surface area contributed by atoms with Crippen LogP contribution in [0, 0.1) is 11.8 Å². The molecule has 0 unspecified atom stereocenters. The summed E-state index contributed by atoms with van der Waals surface area (Å²) < 4.78 is 0. The summed E-state index contributed by atoms with van der Waals surface area (Å²) >= 11 is 0. The number of hydrogen-bond donors (Lipinski definition) is 2. The Morgan fingerprint density at radius 1 is 1.35 bits per heavy atom. The van der Waals surface area contributed by atoms with Crippen molar-refractivity contribution >= 4 is 12.0 Å². The molecular formula is C14H27N3O3. The van der Waals surface area contributed by atoms with Crippen molar-refractivity contribution in [3.63, 3.8) is 0 Å². The predicted octanol–water partition coefficient (Wildman–Crippen LogP) is 1.08. The van der Waals surface area contributed by atoms with E-state index in [0.717, 1.165) is 25.9 Å². The molecule has 1 fully saturated rings. The van der Waals surface area contributed by atoms with Crippen molar-refractivity contribution in [3.05, 3.63) is 0 Å². The number of aliphatic carboxylic acids is 1. The lowest BCUT2D eigenvalue weighted by Gasteiger charge is -2.32. The number of rotatable bonds is 5. The summed E-state index contributed by atoms with van der Waals surface area (Å²) in [5.41, 5.74) is 0. The number of nitrogens with zero attached hydrogens (tertiary/aromatic N) is 2. The lowest BCUT2D eigenvalue weighted by molar-refractivity contribution is -0.140. The van der Waals surface area contributed by atoms with Gasteiger partial charge < -0.3 is 20.2 Å². The molecule has 1 rings (SSSR count). The van der Waals surface area contributed by atoms with Gasteiger partial charge in [0, 0.05) is 13.6 Å². The molecule has 6 nitrogen and oxygen atoms in total. The molecule has 0 radical (unpaired) electrons. The summed E-state index contributed by atoms with van der Waals surface area (Å²) in [6, 6.07) is -1.13. The minimum absolute atomic E-state index is 0.131. The molecule has 6 heteroatoms. The van der Waals surface area contributed by atoms with E-state index in [1.807, 2.05) is 0 Å². The number of likely N-dealkylation sites (tertiary alicyclic amines) is 1. The zero-order chi connectivity index (χ0) is 15.3. The maximum absolute atomic E-state index is 12.0. The molecule has 1 heterocycles. The molecule has 1 aliphatic heterocycles. The molecule has 20 heavy (non-hydrogen) atoms. The van der Waals surface area contributed by atoms with Crippen LogP contribution >= 0.6 is 0 Å². The van der Waals surface area contributed by atoms with Crippen molar-refractivity contribution in [1.82, 2.24) is 15.1 Å². The Hall–Kier alpha value is -1.30. The summed E-state index contributed by atoms with van der Waals surface area (Å²) in [5, 5.41) is 11.7. The first-order chi connectivity index (χ1) is 9.31. The highest BCUT2D eigenvalue weighted by atomic mass is 16.4. The van der Waals surface area contributed by atoms with Crippen molar-refractivity contribution in [2.75, 3.05) is 33.7 Å². The van der Waals surface area contributed by atoms with Crippen molar-refractivity contribution in [1.29, 1.82) is 0 Å². The highest BCUT2D eigenvalue weighted by Gasteiger charge is 2.26. The first kappa shape index (κ1) is 16.8. The molecule has 0 saturated carbocycles. The van der Waals surface area contributed by atoms with Crippen LogP contribution < -0.4 is 5.32 Å². The topological polar surface area (TPSA) is 72.9 Å². The molecule has 2 N–H and O–H groups in total. The highest BCUT2D eigenvalue weighted by molar-refractivity contribution is 5.82. The fourth-order valence-electron chi connectivity index (χ4n) is 2.47. The molecule has 0 aromatic carbocycles. The van der Waals surface area contributed by atoms with Crippen molar-refractivity contribution in [3.8, 4) is 0 Å². The van der Waals surface area contributed by atoms with E-state index in [9.17, 15) is 9.59 Å². The third-order valence-corrected chi connectivity index (χ3v) is 3.93. The van der Waals surface area contributed by atoms with Crippen LogP contribution in [0.25, 0.3) is 0 Å². The lowest BCUT2D eigenvalue weighted by Crippen LogP contribution is -2.50. The summed E-state index contributed by atoms with van der Waals surface area (Å²) in [6.07, 6.45) is 2.17. The minimum atomic E-state index is -0.985. The second-order valence-electron chi connectivity index (χ2n) is 6.14. The van der Waals surface area contributed by atoms with Crippen LogP contribution in [0.4, 0.5) is 4.79 Å². The van der Waals surface area contributed by atoms with E-state index < -0.39 is 12.0 Å². The van der Waals surface area contributed by atoms with E-state index in [-0.39, 0.29) is 11.9 Å². The van der Waals surface area contributed by atoms with Crippen molar-refractivity contribution < 1.29 is 14.7 Å². The number of carbonyl (C=O) groups is 2. The van der Waals surface area contributed by atoms with Gasteiger partial charge in [-0.05, 0) is 44.8 Å². The van der Waals surface area contributed by atoms with Crippen LogP contribution in [0.2, 0.25) is 0 Å². The highest BCUT2D eigenvalue weighted by Crippen LogP contribution is 2.16. The largest absolute Gasteiger partial charge is 0.480 e. The van der Waals surface area contributed by atoms with E-state index in [1.54, 1.807) is 25.8 Å². The smallest absolute Gasteiger partial charge is 0.326 e. The Labute approximate surface area is 121 Å². The first-order valence-electron chi connectivity index (χ1n) is 7.24. The van der Waals surface area contributed by atoms with E-state index in [1.165, 1.54) is 0 Å². The van der Waals surface area contributed by atoms with E-state index in [2.05, 4.69) is 17.3 Å². The summed E-state index contributed by atoms with van der Waals surface area (Å²) in [6.45, 7) is 6.38. The van der Waals surface area contributed by atoms with Gasteiger partial charge in [0.1, 0.15) is 6.04 Å². The molecule has 0 aliphatic carbocycles. The van der Waals surface area contributed by atoms with E-state index in [4.69, 9.17) is 5.11 Å². The Bertz CT molecular complexity index is 339. The van der Waals surface area contributed by atoms with Crippen LogP contribution in [0.15, 0.2) is 0 Å². The molecular weight excluding hydrogens is 258 g/mol. The Morgan fingerprint density at radius 3 is 2.35 bits per heavy atom. The number of amides is 2. The van der Waals surface area contributed by atoms with E-state index in [0.29, 0.717) is 12.5 Å². The summed E-state index contributed by atoms with van der Waals surface area (Å²) in [7, 11) is 3.83. The second kappa shape index (κ2) is 7.47. The Morgan fingerprint density at radius 2 is 1.90 bits per heavy atom. The molecule has 0 aromatic heterocycles. The first-order valence-corrected chi connectivity index (χ1v) is 7.24. The predicted molar refractivity (Wildman–Crippen MR) is 77.6 cm³/mol.